The lowest BCUT2D eigenvalue weighted by Gasteiger charge is -2.67. The van der Waals surface area contributed by atoms with E-state index in [0.717, 1.165) is 25.2 Å². The van der Waals surface area contributed by atoms with Crippen LogP contribution in [0.5, 0.6) is 0 Å². The number of amides is 2. The van der Waals surface area contributed by atoms with Crippen molar-refractivity contribution >= 4 is 6.03 Å². The van der Waals surface area contributed by atoms with Crippen LogP contribution < -0.4 is 5.73 Å². The van der Waals surface area contributed by atoms with E-state index in [1.807, 2.05) is 23.1 Å². The van der Waals surface area contributed by atoms with Crippen LogP contribution in [-0.2, 0) is 6.54 Å². The van der Waals surface area contributed by atoms with Gasteiger partial charge in [-0.05, 0) is 60.8 Å². The van der Waals surface area contributed by atoms with Gasteiger partial charge in [0.2, 0.25) is 0 Å². The summed E-state index contributed by atoms with van der Waals surface area (Å²) in [5.74, 6) is 0.763. The van der Waals surface area contributed by atoms with Gasteiger partial charge in [0.1, 0.15) is 0 Å². The number of carbonyl (C=O) groups is 1. The highest BCUT2D eigenvalue weighted by Crippen LogP contribution is 2.67. The molecule has 2 atom stereocenters. The number of benzene rings is 1. The summed E-state index contributed by atoms with van der Waals surface area (Å²) in [6.45, 7) is 5.52. The van der Waals surface area contributed by atoms with Crippen LogP contribution in [0.4, 0.5) is 4.79 Å². The van der Waals surface area contributed by atoms with Gasteiger partial charge in [0, 0.05) is 12.1 Å². The van der Waals surface area contributed by atoms with Gasteiger partial charge in [-0.1, -0.05) is 44.2 Å². The Labute approximate surface area is 139 Å². The minimum Gasteiger partial charge on any atom is -0.351 e. The number of hydrogen-bond acceptors (Lipinski definition) is 1. The van der Waals surface area contributed by atoms with E-state index in [4.69, 9.17) is 5.73 Å². The van der Waals surface area contributed by atoms with E-state index in [0.29, 0.717) is 17.4 Å². The van der Waals surface area contributed by atoms with Gasteiger partial charge < -0.3 is 10.6 Å². The third kappa shape index (κ3) is 2.45. The molecule has 4 saturated carbocycles. The fourth-order valence-electron chi connectivity index (χ4n) is 6.93. The molecule has 2 amide bonds. The highest BCUT2D eigenvalue weighted by molar-refractivity contribution is 5.73. The van der Waals surface area contributed by atoms with Crippen LogP contribution in [0.25, 0.3) is 0 Å². The third-order valence-electron chi connectivity index (χ3n) is 6.62. The molecular weight excluding hydrogens is 284 g/mol. The van der Waals surface area contributed by atoms with Crippen LogP contribution in [-0.4, -0.2) is 16.5 Å². The molecule has 23 heavy (non-hydrogen) atoms. The first-order valence-electron chi connectivity index (χ1n) is 8.93. The number of hydrogen-bond donors (Lipinski definition) is 1. The lowest BCUT2D eigenvalue weighted by Crippen LogP contribution is -2.66. The second-order valence-corrected chi connectivity index (χ2v) is 9.26. The first-order valence-corrected chi connectivity index (χ1v) is 8.93. The average Bonchev–Trinajstić information content (AvgIpc) is 2.41. The van der Waals surface area contributed by atoms with Crippen molar-refractivity contribution in [2.45, 2.75) is 64.5 Å². The Morgan fingerprint density at radius 2 is 1.70 bits per heavy atom. The van der Waals surface area contributed by atoms with Crippen molar-refractivity contribution in [1.29, 1.82) is 0 Å². The summed E-state index contributed by atoms with van der Waals surface area (Å²) < 4.78 is 0. The summed E-state index contributed by atoms with van der Waals surface area (Å²) in [5.41, 5.74) is 7.81. The Kier molecular flexibility index (Phi) is 3.11. The minimum absolute atomic E-state index is 0.0232. The van der Waals surface area contributed by atoms with Gasteiger partial charge in [0.05, 0.1) is 0 Å². The molecule has 3 heteroatoms. The fraction of sp³-hybridized carbons (Fsp3) is 0.650. The van der Waals surface area contributed by atoms with Gasteiger partial charge in [-0.3, -0.25) is 0 Å². The number of primary amides is 1. The molecule has 0 aromatic heterocycles. The number of carbonyl (C=O) groups excluding carboxylic acids is 1. The van der Waals surface area contributed by atoms with Crippen LogP contribution in [0.3, 0.4) is 0 Å². The highest BCUT2D eigenvalue weighted by atomic mass is 16.2. The quantitative estimate of drug-likeness (QED) is 0.888. The Morgan fingerprint density at radius 1 is 1.09 bits per heavy atom. The van der Waals surface area contributed by atoms with Gasteiger partial charge >= 0.3 is 6.03 Å². The molecule has 3 nitrogen and oxygen atoms in total. The highest BCUT2D eigenvalue weighted by Gasteiger charge is 2.62. The predicted molar refractivity (Wildman–Crippen MR) is 91.7 cm³/mol. The molecule has 124 valence electrons. The van der Waals surface area contributed by atoms with Crippen molar-refractivity contribution in [3.05, 3.63) is 35.9 Å². The molecule has 1 aromatic rings. The lowest BCUT2D eigenvalue weighted by molar-refractivity contribution is -0.150. The van der Waals surface area contributed by atoms with Gasteiger partial charge in [0.25, 0.3) is 0 Å². The maximum atomic E-state index is 12.4. The zero-order valence-corrected chi connectivity index (χ0v) is 14.3. The standard InChI is InChI=1S/C20H28N2O/c1-18-8-16-9-19(2,12-18)14-20(10-16,13-18)22(17(21)23)11-15-6-4-3-5-7-15/h3-7,16H,8-14H2,1-2H3,(H2,21,23). The van der Waals surface area contributed by atoms with Gasteiger partial charge in [-0.2, -0.15) is 0 Å². The van der Waals surface area contributed by atoms with Crippen molar-refractivity contribution < 1.29 is 4.79 Å². The molecule has 0 saturated heterocycles. The van der Waals surface area contributed by atoms with Gasteiger partial charge in [-0.15, -0.1) is 0 Å². The van der Waals surface area contributed by atoms with Crippen LogP contribution in [0.1, 0.15) is 57.9 Å². The summed E-state index contributed by atoms with van der Waals surface area (Å²) in [6.07, 6.45) is 7.39. The zero-order chi connectivity index (χ0) is 16.3. The van der Waals surface area contributed by atoms with Crippen LogP contribution in [0.15, 0.2) is 30.3 Å². The topological polar surface area (TPSA) is 46.3 Å². The van der Waals surface area contributed by atoms with E-state index in [-0.39, 0.29) is 11.6 Å². The van der Waals surface area contributed by atoms with E-state index in [1.54, 1.807) is 0 Å². The first-order chi connectivity index (χ1) is 10.8. The molecular formula is C20H28N2O. The van der Waals surface area contributed by atoms with E-state index >= 15 is 0 Å². The molecule has 4 aliphatic carbocycles. The van der Waals surface area contributed by atoms with E-state index in [2.05, 4.69) is 26.0 Å². The SMILES string of the molecule is CC12CC3CC(C)(C1)CC(N(Cc1ccccc1)C(N)=O)(C3)C2. The van der Waals surface area contributed by atoms with Crippen LogP contribution in [0.2, 0.25) is 0 Å². The van der Waals surface area contributed by atoms with E-state index in [1.165, 1.54) is 24.8 Å². The zero-order valence-electron chi connectivity index (χ0n) is 14.3. The molecule has 5 rings (SSSR count). The molecule has 4 fully saturated rings. The second-order valence-electron chi connectivity index (χ2n) is 9.26. The van der Waals surface area contributed by atoms with Gasteiger partial charge in [-0.25, -0.2) is 4.79 Å². The minimum atomic E-state index is -0.247. The summed E-state index contributed by atoms with van der Waals surface area (Å²) in [6, 6.07) is 10.0. The molecule has 0 radical (unpaired) electrons. The Balaban J connectivity index is 1.70. The maximum absolute atomic E-state index is 12.4. The van der Waals surface area contributed by atoms with Crippen molar-refractivity contribution in [1.82, 2.24) is 4.90 Å². The molecule has 4 aliphatic rings. The summed E-state index contributed by atoms with van der Waals surface area (Å²) in [5, 5.41) is 0. The largest absolute Gasteiger partial charge is 0.351 e. The smallest absolute Gasteiger partial charge is 0.315 e. The molecule has 4 bridgehead atoms. The van der Waals surface area contributed by atoms with Gasteiger partial charge in [0.15, 0.2) is 0 Å². The van der Waals surface area contributed by atoms with Crippen molar-refractivity contribution in [2.75, 3.05) is 0 Å². The van der Waals surface area contributed by atoms with Crippen molar-refractivity contribution in [3.8, 4) is 0 Å². The summed E-state index contributed by atoms with van der Waals surface area (Å²) in [4.78, 5) is 14.4. The molecule has 0 aliphatic heterocycles. The number of urea groups is 1. The molecule has 2 unspecified atom stereocenters. The Bertz CT molecular complexity index is 608. The van der Waals surface area contributed by atoms with E-state index in [9.17, 15) is 4.79 Å². The molecule has 1 aromatic carbocycles. The predicted octanol–water partition coefficient (Wildman–Crippen LogP) is 4.32. The second kappa shape index (κ2) is 4.75. The number of rotatable bonds is 3. The van der Waals surface area contributed by atoms with Crippen LogP contribution in [0, 0.1) is 16.7 Å². The van der Waals surface area contributed by atoms with Crippen LogP contribution >= 0.6 is 0 Å². The number of nitrogens with zero attached hydrogens (tertiary/aromatic N) is 1. The number of nitrogens with two attached hydrogens (primary N) is 1. The molecule has 0 heterocycles. The first kappa shape index (κ1) is 15.0. The normalized spacial score (nSPS) is 41.0. The lowest BCUT2D eigenvalue weighted by atomic mass is 9.42. The van der Waals surface area contributed by atoms with Crippen molar-refractivity contribution in [2.24, 2.45) is 22.5 Å². The Morgan fingerprint density at radius 3 is 2.22 bits per heavy atom. The molecule has 2 N–H and O–H groups in total. The maximum Gasteiger partial charge on any atom is 0.315 e. The summed E-state index contributed by atoms with van der Waals surface area (Å²) in [7, 11) is 0. The summed E-state index contributed by atoms with van der Waals surface area (Å²) >= 11 is 0. The fourth-order valence-corrected chi connectivity index (χ4v) is 6.93. The average molecular weight is 312 g/mol. The third-order valence-corrected chi connectivity index (χ3v) is 6.62. The molecule has 0 spiro atoms. The monoisotopic (exact) mass is 312 g/mol. The van der Waals surface area contributed by atoms with E-state index < -0.39 is 0 Å². The van der Waals surface area contributed by atoms with Crippen molar-refractivity contribution in [3.63, 3.8) is 0 Å². The Hall–Kier alpha value is -1.51.